The average Bonchev–Trinajstić information content (AvgIpc) is 3.12. The third-order valence-electron chi connectivity index (χ3n) is 4.40. The van der Waals surface area contributed by atoms with E-state index in [1.165, 1.54) is 7.11 Å². The van der Waals surface area contributed by atoms with Crippen LogP contribution in [0.5, 0.6) is 11.5 Å². The van der Waals surface area contributed by atoms with Crippen LogP contribution in [0.2, 0.25) is 0 Å². The standard InChI is InChI=1S/C19H24N4O4S/c1-6-9-28-19-21-18-20-11(2)15(17(24)27-5)16(23(18)22-19)12-7-8-13(25-3)14(10-12)26-4/h7-8,10,16H,6,9H2,1-5H3,(H,20,21,22). The lowest BCUT2D eigenvalue weighted by Crippen LogP contribution is -2.29. The van der Waals surface area contributed by atoms with Crippen LogP contribution in [0, 0.1) is 0 Å². The summed E-state index contributed by atoms with van der Waals surface area (Å²) in [6.45, 7) is 3.94. The van der Waals surface area contributed by atoms with E-state index in [0.29, 0.717) is 33.9 Å². The Kier molecular flexibility index (Phi) is 6.13. The van der Waals surface area contributed by atoms with Crippen LogP contribution in [0.1, 0.15) is 31.9 Å². The zero-order valence-corrected chi connectivity index (χ0v) is 17.4. The first kappa shape index (κ1) is 20.1. The first-order chi connectivity index (χ1) is 13.5. The van der Waals surface area contributed by atoms with Gasteiger partial charge in [0.1, 0.15) is 6.04 Å². The Morgan fingerprint density at radius 3 is 2.64 bits per heavy atom. The van der Waals surface area contributed by atoms with Gasteiger partial charge in [0.15, 0.2) is 11.5 Å². The predicted octanol–water partition coefficient (Wildman–Crippen LogP) is 3.26. The van der Waals surface area contributed by atoms with Crippen LogP contribution in [0.25, 0.3) is 0 Å². The molecule has 1 N–H and O–H groups in total. The maximum Gasteiger partial charge on any atom is 0.338 e. The highest BCUT2D eigenvalue weighted by atomic mass is 32.2. The van der Waals surface area contributed by atoms with Crippen molar-refractivity contribution in [2.45, 2.75) is 31.5 Å². The molecule has 0 bridgehead atoms. The third kappa shape index (κ3) is 3.66. The molecule has 8 nitrogen and oxygen atoms in total. The molecule has 0 aliphatic carbocycles. The number of nitrogens with zero attached hydrogens (tertiary/aromatic N) is 3. The Labute approximate surface area is 168 Å². The van der Waals surface area contributed by atoms with Crippen LogP contribution >= 0.6 is 11.8 Å². The molecule has 0 saturated carbocycles. The second-order valence-corrected chi connectivity index (χ2v) is 7.25. The number of hydrogen-bond donors (Lipinski definition) is 1. The molecule has 0 amide bonds. The van der Waals surface area contributed by atoms with Crippen LogP contribution in [0.15, 0.2) is 34.6 Å². The zero-order valence-electron chi connectivity index (χ0n) is 16.6. The fourth-order valence-electron chi connectivity index (χ4n) is 3.09. The van der Waals surface area contributed by atoms with Gasteiger partial charge in [-0.15, -0.1) is 5.10 Å². The molecular weight excluding hydrogens is 380 g/mol. The van der Waals surface area contributed by atoms with Gasteiger partial charge < -0.3 is 19.5 Å². The van der Waals surface area contributed by atoms with E-state index in [0.717, 1.165) is 17.7 Å². The van der Waals surface area contributed by atoms with E-state index in [2.05, 4.69) is 22.3 Å². The highest BCUT2D eigenvalue weighted by molar-refractivity contribution is 7.99. The smallest absolute Gasteiger partial charge is 0.338 e. The lowest BCUT2D eigenvalue weighted by atomic mass is 9.95. The van der Waals surface area contributed by atoms with E-state index in [4.69, 9.17) is 14.2 Å². The summed E-state index contributed by atoms with van der Waals surface area (Å²) in [5, 5.41) is 8.47. The van der Waals surface area contributed by atoms with Crippen molar-refractivity contribution in [3.05, 3.63) is 35.0 Å². The third-order valence-corrected chi connectivity index (χ3v) is 5.44. The van der Waals surface area contributed by atoms with Gasteiger partial charge in [0, 0.05) is 11.4 Å². The van der Waals surface area contributed by atoms with Crippen molar-refractivity contribution in [3.63, 3.8) is 0 Å². The van der Waals surface area contributed by atoms with Gasteiger partial charge in [0.2, 0.25) is 11.1 Å². The van der Waals surface area contributed by atoms with E-state index < -0.39 is 12.0 Å². The van der Waals surface area contributed by atoms with Crippen LogP contribution in [-0.4, -0.2) is 47.8 Å². The molecule has 1 unspecified atom stereocenters. The van der Waals surface area contributed by atoms with Crippen molar-refractivity contribution >= 4 is 23.7 Å². The molecule has 1 aliphatic rings. The first-order valence-corrected chi connectivity index (χ1v) is 9.89. The number of esters is 1. The van der Waals surface area contributed by atoms with Gasteiger partial charge in [-0.05, 0) is 31.0 Å². The van der Waals surface area contributed by atoms with Gasteiger partial charge in [-0.1, -0.05) is 24.8 Å². The number of fused-ring (bicyclic) bond motifs is 1. The summed E-state index contributed by atoms with van der Waals surface area (Å²) in [5.74, 6) is 2.26. The van der Waals surface area contributed by atoms with Crippen LogP contribution in [0.4, 0.5) is 5.95 Å². The molecule has 3 rings (SSSR count). The second-order valence-electron chi connectivity index (χ2n) is 6.18. The highest BCUT2D eigenvalue weighted by Gasteiger charge is 2.35. The Balaban J connectivity index is 2.14. The first-order valence-electron chi connectivity index (χ1n) is 8.91. The minimum atomic E-state index is -0.494. The number of benzene rings is 1. The van der Waals surface area contributed by atoms with Gasteiger partial charge in [0.05, 0.1) is 26.9 Å². The van der Waals surface area contributed by atoms with Crippen LogP contribution < -0.4 is 14.8 Å². The Morgan fingerprint density at radius 1 is 1.25 bits per heavy atom. The maximum atomic E-state index is 12.6. The maximum absolute atomic E-state index is 12.6. The summed E-state index contributed by atoms with van der Waals surface area (Å²) in [6, 6.07) is 5.05. The van der Waals surface area contributed by atoms with E-state index in [9.17, 15) is 4.79 Å². The quantitative estimate of drug-likeness (QED) is 0.556. The highest BCUT2D eigenvalue weighted by Crippen LogP contribution is 2.39. The molecule has 0 saturated heterocycles. The summed E-state index contributed by atoms with van der Waals surface area (Å²) in [6.07, 6.45) is 1.02. The number of ether oxygens (including phenoxy) is 3. The minimum Gasteiger partial charge on any atom is -0.493 e. The van der Waals surface area contributed by atoms with E-state index in [-0.39, 0.29) is 0 Å². The number of allylic oxidation sites excluding steroid dienone is 1. The van der Waals surface area contributed by atoms with Gasteiger partial charge in [-0.25, -0.2) is 9.48 Å². The van der Waals surface area contributed by atoms with Crippen LogP contribution in [-0.2, 0) is 9.53 Å². The molecule has 9 heteroatoms. The van der Waals surface area contributed by atoms with Gasteiger partial charge in [-0.3, -0.25) is 0 Å². The number of aromatic nitrogens is 3. The van der Waals surface area contributed by atoms with Crippen molar-refractivity contribution in [1.29, 1.82) is 0 Å². The van der Waals surface area contributed by atoms with Gasteiger partial charge in [0.25, 0.3) is 0 Å². The lowest BCUT2D eigenvalue weighted by Gasteiger charge is -2.28. The average molecular weight is 404 g/mol. The number of methoxy groups -OCH3 is 3. The Hall–Kier alpha value is -2.68. The molecule has 150 valence electrons. The van der Waals surface area contributed by atoms with Crippen molar-refractivity contribution in [2.75, 3.05) is 32.4 Å². The van der Waals surface area contributed by atoms with E-state index >= 15 is 0 Å². The summed E-state index contributed by atoms with van der Waals surface area (Å²) < 4.78 is 17.5. The van der Waals surface area contributed by atoms with Gasteiger partial charge >= 0.3 is 5.97 Å². The number of rotatable bonds is 7. The largest absolute Gasteiger partial charge is 0.493 e. The molecule has 0 spiro atoms. The van der Waals surface area contributed by atoms with Crippen molar-refractivity contribution in [3.8, 4) is 11.5 Å². The van der Waals surface area contributed by atoms with Gasteiger partial charge in [-0.2, -0.15) is 4.98 Å². The number of hydrogen-bond acceptors (Lipinski definition) is 8. The molecular formula is C19H24N4O4S. The molecule has 1 aliphatic heterocycles. The predicted molar refractivity (Wildman–Crippen MR) is 107 cm³/mol. The lowest BCUT2D eigenvalue weighted by molar-refractivity contribution is -0.136. The summed E-state index contributed by atoms with van der Waals surface area (Å²) in [5.41, 5.74) is 1.97. The number of anilines is 1. The molecule has 28 heavy (non-hydrogen) atoms. The fraction of sp³-hybridized carbons (Fsp3) is 0.421. The van der Waals surface area contributed by atoms with E-state index in [1.807, 2.05) is 25.1 Å². The number of carbonyl (C=O) groups is 1. The van der Waals surface area contributed by atoms with Crippen molar-refractivity contribution in [1.82, 2.24) is 14.8 Å². The second kappa shape index (κ2) is 8.55. The normalized spacial score (nSPS) is 15.7. The summed E-state index contributed by atoms with van der Waals surface area (Å²) in [7, 11) is 4.53. The summed E-state index contributed by atoms with van der Waals surface area (Å²) in [4.78, 5) is 17.2. The SMILES string of the molecule is CCCSc1nc2n(n1)C(c1ccc(OC)c(OC)c1)C(C(=O)OC)=C(C)N2. The van der Waals surface area contributed by atoms with E-state index in [1.54, 1.807) is 30.7 Å². The summed E-state index contributed by atoms with van der Waals surface area (Å²) >= 11 is 1.58. The Morgan fingerprint density at radius 2 is 2.00 bits per heavy atom. The molecule has 1 aromatic heterocycles. The molecule has 0 radical (unpaired) electrons. The Bertz CT molecular complexity index is 909. The number of nitrogens with one attached hydrogen (secondary N) is 1. The molecule has 1 atom stereocenters. The topological polar surface area (TPSA) is 87.5 Å². The molecule has 2 heterocycles. The minimum absolute atomic E-state index is 0.423. The monoisotopic (exact) mass is 404 g/mol. The zero-order chi connectivity index (χ0) is 20.3. The molecule has 1 aromatic carbocycles. The molecule has 0 fully saturated rings. The molecule has 2 aromatic rings. The number of carbonyl (C=O) groups excluding carboxylic acids is 1. The van der Waals surface area contributed by atoms with Crippen molar-refractivity contribution < 1.29 is 19.0 Å². The number of thioether (sulfide) groups is 1. The fourth-order valence-corrected chi connectivity index (χ4v) is 3.77. The van der Waals surface area contributed by atoms with Crippen LogP contribution in [0.3, 0.4) is 0 Å². The van der Waals surface area contributed by atoms with Crippen molar-refractivity contribution in [2.24, 2.45) is 0 Å².